The van der Waals surface area contributed by atoms with Gasteiger partial charge < -0.3 is 15.7 Å². The first-order valence-corrected chi connectivity index (χ1v) is 7.03. The quantitative estimate of drug-likeness (QED) is 0.588. The predicted octanol–water partition coefficient (Wildman–Crippen LogP) is 1.66. The van der Waals surface area contributed by atoms with Gasteiger partial charge >= 0.3 is 5.69 Å². The van der Waals surface area contributed by atoms with Crippen LogP contribution in [0.4, 0.5) is 10.7 Å². The fourth-order valence-electron chi connectivity index (χ4n) is 1.80. The van der Waals surface area contributed by atoms with Crippen LogP contribution in [0.25, 0.3) is 0 Å². The Balaban J connectivity index is 3.22. The smallest absolute Gasteiger partial charge is 0.304 e. The molecule has 1 atom stereocenters. The second-order valence-corrected chi connectivity index (χ2v) is 6.08. The molecule has 0 radical (unpaired) electrons. The summed E-state index contributed by atoms with van der Waals surface area (Å²) in [5.74, 6) is -0.335. The van der Waals surface area contributed by atoms with E-state index in [-0.39, 0.29) is 18.2 Å². The number of aliphatic hydroxyl groups is 1. The van der Waals surface area contributed by atoms with E-state index >= 15 is 0 Å². The lowest BCUT2D eigenvalue weighted by atomic mass is 10.2. The van der Waals surface area contributed by atoms with E-state index in [1.54, 1.807) is 11.8 Å². The number of amides is 1. The van der Waals surface area contributed by atoms with E-state index in [9.17, 15) is 20.0 Å². The molecule has 1 aromatic heterocycles. The second kappa shape index (κ2) is 6.67. The largest absolute Gasteiger partial charge is 0.388 e. The molecule has 0 spiro atoms. The third-order valence-corrected chi connectivity index (χ3v) is 3.90. The molecule has 0 saturated heterocycles. The number of nitro groups is 1. The summed E-state index contributed by atoms with van der Waals surface area (Å²) in [6.45, 7) is 5.83. The summed E-state index contributed by atoms with van der Waals surface area (Å²) < 4.78 is 0. The highest BCUT2D eigenvalue weighted by molar-refractivity contribution is 7.16. The van der Waals surface area contributed by atoms with Crippen molar-refractivity contribution in [2.24, 2.45) is 11.7 Å². The molecule has 0 bridgehead atoms. The van der Waals surface area contributed by atoms with Crippen LogP contribution in [0.5, 0.6) is 0 Å². The van der Waals surface area contributed by atoms with Crippen molar-refractivity contribution in [2.45, 2.75) is 26.9 Å². The summed E-state index contributed by atoms with van der Waals surface area (Å²) in [6.07, 6.45) is -0.790. The maximum Gasteiger partial charge on any atom is 0.304 e. The Hall–Kier alpha value is -1.67. The first-order chi connectivity index (χ1) is 9.22. The van der Waals surface area contributed by atoms with Crippen molar-refractivity contribution in [1.82, 2.24) is 0 Å². The van der Waals surface area contributed by atoms with Crippen LogP contribution in [0.1, 0.15) is 31.8 Å². The van der Waals surface area contributed by atoms with Crippen molar-refractivity contribution in [2.75, 3.05) is 18.0 Å². The number of anilines is 1. The number of aliphatic hydroxyl groups excluding tert-OH is 1. The molecule has 0 aliphatic heterocycles. The number of hydrogen-bond donors (Lipinski definition) is 2. The van der Waals surface area contributed by atoms with Crippen LogP contribution in [-0.4, -0.2) is 29.0 Å². The molecule has 112 valence electrons. The van der Waals surface area contributed by atoms with Gasteiger partial charge in [-0.1, -0.05) is 13.8 Å². The summed E-state index contributed by atoms with van der Waals surface area (Å²) in [4.78, 5) is 23.9. The molecule has 8 heteroatoms. The van der Waals surface area contributed by atoms with E-state index in [0.717, 1.165) is 11.3 Å². The number of primary amides is 1. The number of nitrogens with two attached hydrogens (primary N) is 1. The van der Waals surface area contributed by atoms with Crippen LogP contribution in [0.15, 0.2) is 6.07 Å². The van der Waals surface area contributed by atoms with Gasteiger partial charge in [-0.2, -0.15) is 0 Å². The Morgan fingerprint density at radius 2 is 2.15 bits per heavy atom. The summed E-state index contributed by atoms with van der Waals surface area (Å²) in [5.41, 5.74) is 5.10. The number of nitrogens with zero attached hydrogens (tertiary/aromatic N) is 2. The van der Waals surface area contributed by atoms with Crippen molar-refractivity contribution < 1.29 is 14.8 Å². The van der Waals surface area contributed by atoms with Crippen molar-refractivity contribution in [3.8, 4) is 0 Å². The molecule has 20 heavy (non-hydrogen) atoms. The van der Waals surface area contributed by atoms with Crippen molar-refractivity contribution >= 4 is 27.9 Å². The molecule has 1 rings (SSSR count). The summed E-state index contributed by atoms with van der Waals surface area (Å²) in [6, 6.07) is 1.35. The van der Waals surface area contributed by atoms with E-state index in [1.807, 2.05) is 13.8 Å². The van der Waals surface area contributed by atoms with Crippen molar-refractivity contribution in [3.63, 3.8) is 0 Å². The third kappa shape index (κ3) is 4.17. The molecule has 7 nitrogen and oxygen atoms in total. The minimum Gasteiger partial charge on any atom is -0.388 e. The van der Waals surface area contributed by atoms with Gasteiger partial charge in [0.2, 0.25) is 5.91 Å². The van der Waals surface area contributed by atoms with E-state index in [0.29, 0.717) is 16.4 Å². The minimum atomic E-state index is -0.790. The molecular weight excluding hydrogens is 282 g/mol. The average molecular weight is 301 g/mol. The Morgan fingerprint density at radius 3 is 2.55 bits per heavy atom. The van der Waals surface area contributed by atoms with Crippen LogP contribution in [-0.2, 0) is 4.79 Å². The van der Waals surface area contributed by atoms with Gasteiger partial charge in [-0.3, -0.25) is 14.9 Å². The van der Waals surface area contributed by atoms with Crippen LogP contribution >= 0.6 is 11.3 Å². The molecule has 0 unspecified atom stereocenters. The van der Waals surface area contributed by atoms with Crippen molar-refractivity contribution in [1.29, 1.82) is 0 Å². The molecule has 0 aliphatic carbocycles. The summed E-state index contributed by atoms with van der Waals surface area (Å²) in [7, 11) is 0. The molecule has 3 N–H and O–H groups in total. The number of carbonyl (C=O) groups excluding carboxylic acids is 1. The van der Waals surface area contributed by atoms with Gasteiger partial charge in [-0.05, 0) is 12.8 Å². The zero-order valence-corrected chi connectivity index (χ0v) is 12.5. The van der Waals surface area contributed by atoms with Crippen molar-refractivity contribution in [3.05, 3.63) is 21.1 Å². The first-order valence-electron chi connectivity index (χ1n) is 6.21. The Bertz CT molecular complexity index is 499. The Morgan fingerprint density at radius 1 is 1.55 bits per heavy atom. The fraction of sp³-hybridized carbons (Fsp3) is 0.583. The molecule has 1 aromatic rings. The molecule has 1 heterocycles. The van der Waals surface area contributed by atoms with Gasteiger partial charge in [0.15, 0.2) is 5.00 Å². The number of carbonyl (C=O) groups is 1. The molecule has 0 aliphatic rings. The third-order valence-electron chi connectivity index (χ3n) is 2.54. The minimum absolute atomic E-state index is 0.0845. The SMILES string of the molecule is CC(C)CN(CC(N)=O)c1sc([C@H](C)O)cc1[N+](=O)[O-]. The van der Waals surface area contributed by atoms with Crippen LogP contribution in [0.3, 0.4) is 0 Å². The molecule has 1 amide bonds. The second-order valence-electron chi connectivity index (χ2n) is 5.01. The zero-order chi connectivity index (χ0) is 15.4. The fourth-order valence-corrected chi connectivity index (χ4v) is 2.87. The van der Waals surface area contributed by atoms with Crippen LogP contribution < -0.4 is 10.6 Å². The topological polar surface area (TPSA) is 110 Å². The first kappa shape index (κ1) is 16.4. The molecule has 0 aromatic carbocycles. The van der Waals surface area contributed by atoms with E-state index in [4.69, 9.17) is 5.73 Å². The molecular formula is C12H19N3O4S. The van der Waals surface area contributed by atoms with Gasteiger partial charge in [0.25, 0.3) is 0 Å². The Labute approximate surface area is 121 Å². The molecule has 0 saturated carbocycles. The number of rotatable bonds is 7. The highest BCUT2D eigenvalue weighted by Gasteiger charge is 2.26. The highest BCUT2D eigenvalue weighted by Crippen LogP contribution is 2.40. The predicted molar refractivity (Wildman–Crippen MR) is 77.9 cm³/mol. The lowest BCUT2D eigenvalue weighted by Gasteiger charge is -2.22. The lowest BCUT2D eigenvalue weighted by molar-refractivity contribution is -0.383. The molecule has 0 fully saturated rings. The average Bonchev–Trinajstić information content (AvgIpc) is 2.71. The number of thiophene rings is 1. The maximum absolute atomic E-state index is 11.2. The van der Waals surface area contributed by atoms with E-state index in [2.05, 4.69) is 0 Å². The normalized spacial score (nSPS) is 12.4. The van der Waals surface area contributed by atoms with Gasteiger partial charge in [0.1, 0.15) is 0 Å². The van der Waals surface area contributed by atoms with E-state index < -0.39 is 16.9 Å². The summed E-state index contributed by atoms with van der Waals surface area (Å²) >= 11 is 1.11. The van der Waals surface area contributed by atoms with E-state index in [1.165, 1.54) is 6.07 Å². The highest BCUT2D eigenvalue weighted by atomic mass is 32.1. The van der Waals surface area contributed by atoms with Gasteiger partial charge in [0, 0.05) is 17.5 Å². The Kier molecular flexibility index (Phi) is 5.46. The van der Waals surface area contributed by atoms with Gasteiger partial charge in [-0.25, -0.2) is 0 Å². The van der Waals surface area contributed by atoms with Crippen LogP contribution in [0.2, 0.25) is 0 Å². The number of hydrogen-bond acceptors (Lipinski definition) is 6. The van der Waals surface area contributed by atoms with Gasteiger partial charge in [0.05, 0.1) is 17.6 Å². The monoisotopic (exact) mass is 301 g/mol. The zero-order valence-electron chi connectivity index (χ0n) is 11.7. The summed E-state index contributed by atoms with van der Waals surface area (Å²) in [5, 5.41) is 21.0. The standard InChI is InChI=1S/C12H19N3O4S/c1-7(2)5-14(6-11(13)17)12-9(15(18)19)4-10(20-12)8(3)16/h4,7-8,16H,5-6H2,1-3H3,(H2,13,17)/t8-/m0/s1. The maximum atomic E-state index is 11.2. The lowest BCUT2D eigenvalue weighted by Crippen LogP contribution is -2.36. The van der Waals surface area contributed by atoms with Crippen LogP contribution in [0, 0.1) is 16.0 Å². The van der Waals surface area contributed by atoms with Gasteiger partial charge in [-0.15, -0.1) is 11.3 Å².